The predicted molar refractivity (Wildman–Crippen MR) is 99.3 cm³/mol. The summed E-state index contributed by atoms with van der Waals surface area (Å²) in [5, 5.41) is 16.8. The maximum Gasteiger partial charge on any atom is 0.407 e. The molecule has 1 saturated carbocycles. The molecule has 2 aromatic rings. The topological polar surface area (TPSA) is 114 Å². The second kappa shape index (κ2) is 8.24. The van der Waals surface area contributed by atoms with Crippen molar-refractivity contribution in [2.75, 3.05) is 5.32 Å². The minimum Gasteiger partial charge on any atom is -0.446 e. The van der Waals surface area contributed by atoms with Gasteiger partial charge in [-0.15, -0.1) is 0 Å². The molecule has 9 nitrogen and oxygen atoms in total. The number of H-pyrrole nitrogens is 1. The second-order valence-electron chi connectivity index (χ2n) is 7.22. The van der Waals surface area contributed by atoms with Gasteiger partial charge in [-0.2, -0.15) is 10.2 Å². The van der Waals surface area contributed by atoms with Gasteiger partial charge in [0.1, 0.15) is 6.10 Å². The number of anilines is 1. The lowest BCUT2D eigenvalue weighted by atomic mass is 10.0. The van der Waals surface area contributed by atoms with Gasteiger partial charge in [-0.1, -0.05) is 0 Å². The number of nitrogens with one attached hydrogen (secondary N) is 3. The molecule has 0 saturated heterocycles. The average molecular weight is 374 g/mol. The Labute approximate surface area is 157 Å². The largest absolute Gasteiger partial charge is 0.446 e. The van der Waals surface area contributed by atoms with Gasteiger partial charge in [0.15, 0.2) is 5.82 Å². The molecule has 1 fully saturated rings. The van der Waals surface area contributed by atoms with Crippen molar-refractivity contribution in [3.8, 4) is 0 Å². The van der Waals surface area contributed by atoms with E-state index in [0.29, 0.717) is 5.82 Å². The molecule has 2 amide bonds. The molecule has 146 valence electrons. The first-order valence-corrected chi connectivity index (χ1v) is 9.20. The van der Waals surface area contributed by atoms with E-state index in [9.17, 15) is 9.59 Å². The number of carbonyl (C=O) groups is 2. The molecule has 9 heteroatoms. The number of aromatic amines is 1. The van der Waals surface area contributed by atoms with Crippen molar-refractivity contribution in [2.45, 2.75) is 57.6 Å². The first-order chi connectivity index (χ1) is 12.9. The summed E-state index contributed by atoms with van der Waals surface area (Å²) < 4.78 is 7.12. The third-order valence-electron chi connectivity index (χ3n) is 4.63. The predicted octanol–water partition coefficient (Wildman–Crippen LogP) is 2.10. The molecule has 0 aliphatic heterocycles. The fourth-order valence-electron chi connectivity index (χ4n) is 3.29. The number of carbonyl (C=O) groups excluding carboxylic acids is 2. The Hall–Kier alpha value is -2.84. The highest BCUT2D eigenvalue weighted by atomic mass is 16.6. The maximum absolute atomic E-state index is 12.2. The highest BCUT2D eigenvalue weighted by Gasteiger charge is 2.30. The van der Waals surface area contributed by atoms with Gasteiger partial charge in [0.25, 0.3) is 0 Å². The fraction of sp³-hybridized carbons (Fsp3) is 0.556. The van der Waals surface area contributed by atoms with Gasteiger partial charge in [-0.05, 0) is 39.2 Å². The number of rotatable bonds is 6. The van der Waals surface area contributed by atoms with Crippen molar-refractivity contribution in [2.24, 2.45) is 7.05 Å². The van der Waals surface area contributed by atoms with Crippen molar-refractivity contribution in [3.05, 3.63) is 29.7 Å². The Morgan fingerprint density at radius 1 is 1.41 bits per heavy atom. The lowest BCUT2D eigenvalue weighted by Crippen LogP contribution is -2.33. The van der Waals surface area contributed by atoms with Crippen molar-refractivity contribution in [3.63, 3.8) is 0 Å². The van der Waals surface area contributed by atoms with Gasteiger partial charge in [0, 0.05) is 42.7 Å². The smallest absolute Gasteiger partial charge is 0.407 e. The minimum absolute atomic E-state index is 0.0554. The van der Waals surface area contributed by atoms with E-state index >= 15 is 0 Å². The molecule has 0 radical (unpaired) electrons. The van der Waals surface area contributed by atoms with Crippen LogP contribution < -0.4 is 10.6 Å². The number of aromatic nitrogens is 4. The standard InChI is InChI=1S/C18H26N6O3/c1-11(2)20-18(26)27-14-5-4-12(8-14)15-10-16(23-22-15)21-17(25)9-13-6-7-19-24(13)3/h6-7,10-12,14H,4-5,8-9H2,1-3H3,(H,20,26)(H2,21,22,23,25)/t12-,14?/m0/s1. The van der Waals surface area contributed by atoms with E-state index < -0.39 is 0 Å². The molecule has 27 heavy (non-hydrogen) atoms. The molecule has 3 rings (SSSR count). The molecule has 2 heterocycles. The van der Waals surface area contributed by atoms with Crippen LogP contribution in [0.5, 0.6) is 0 Å². The summed E-state index contributed by atoms with van der Waals surface area (Å²) in [7, 11) is 1.80. The molecule has 2 aromatic heterocycles. The first kappa shape index (κ1) is 18.9. The number of aryl methyl sites for hydroxylation is 1. The van der Waals surface area contributed by atoms with Crippen LogP contribution in [0.2, 0.25) is 0 Å². The van der Waals surface area contributed by atoms with Crippen LogP contribution in [0.25, 0.3) is 0 Å². The molecular weight excluding hydrogens is 348 g/mol. The summed E-state index contributed by atoms with van der Waals surface area (Å²) in [5.41, 5.74) is 1.78. The number of hydrogen-bond acceptors (Lipinski definition) is 5. The van der Waals surface area contributed by atoms with Crippen molar-refractivity contribution in [1.29, 1.82) is 0 Å². The summed E-state index contributed by atoms with van der Waals surface area (Å²) in [4.78, 5) is 23.9. The quantitative estimate of drug-likeness (QED) is 0.716. The lowest BCUT2D eigenvalue weighted by Gasteiger charge is -2.14. The van der Waals surface area contributed by atoms with Crippen LogP contribution in [0, 0.1) is 0 Å². The Kier molecular flexibility index (Phi) is 5.78. The Bertz CT molecular complexity index is 797. The average Bonchev–Trinajstić information content (AvgIpc) is 3.29. The van der Waals surface area contributed by atoms with Crippen LogP contribution in [0.1, 0.15) is 50.4 Å². The summed E-state index contributed by atoms with van der Waals surface area (Å²) in [6.07, 6.45) is 3.90. The molecule has 2 atom stereocenters. The van der Waals surface area contributed by atoms with Crippen LogP contribution in [-0.4, -0.2) is 44.1 Å². The zero-order valence-electron chi connectivity index (χ0n) is 15.9. The number of nitrogens with zero attached hydrogens (tertiary/aromatic N) is 3. The van der Waals surface area contributed by atoms with Gasteiger partial charge in [0.05, 0.1) is 6.42 Å². The molecule has 0 spiro atoms. The van der Waals surface area contributed by atoms with Crippen LogP contribution in [0.3, 0.4) is 0 Å². The van der Waals surface area contributed by atoms with Crippen molar-refractivity contribution in [1.82, 2.24) is 25.3 Å². The van der Waals surface area contributed by atoms with Gasteiger partial charge < -0.3 is 15.4 Å². The Balaban J connectivity index is 1.50. The summed E-state index contributed by atoms with van der Waals surface area (Å²) in [5.74, 6) is 0.589. The van der Waals surface area contributed by atoms with E-state index in [-0.39, 0.29) is 36.5 Å². The number of alkyl carbamates (subject to hydrolysis) is 1. The monoisotopic (exact) mass is 374 g/mol. The highest BCUT2D eigenvalue weighted by molar-refractivity contribution is 5.91. The fourth-order valence-corrected chi connectivity index (χ4v) is 3.29. The third-order valence-corrected chi connectivity index (χ3v) is 4.63. The van der Waals surface area contributed by atoms with E-state index in [1.54, 1.807) is 17.9 Å². The number of ether oxygens (including phenoxy) is 1. The molecule has 3 N–H and O–H groups in total. The maximum atomic E-state index is 12.2. The minimum atomic E-state index is -0.372. The third kappa shape index (κ3) is 5.08. The van der Waals surface area contributed by atoms with Gasteiger partial charge in [-0.25, -0.2) is 4.79 Å². The molecule has 1 aliphatic rings. The Morgan fingerprint density at radius 2 is 2.22 bits per heavy atom. The summed E-state index contributed by atoms with van der Waals surface area (Å²) in [6.45, 7) is 3.79. The first-order valence-electron chi connectivity index (χ1n) is 9.20. The van der Waals surface area contributed by atoms with Crippen molar-refractivity contribution >= 4 is 17.8 Å². The summed E-state index contributed by atoms with van der Waals surface area (Å²) in [6, 6.07) is 3.71. The van der Waals surface area contributed by atoms with E-state index in [0.717, 1.165) is 30.7 Å². The zero-order valence-corrected chi connectivity index (χ0v) is 15.9. The van der Waals surface area contributed by atoms with E-state index in [1.807, 2.05) is 26.0 Å². The lowest BCUT2D eigenvalue weighted by molar-refractivity contribution is -0.115. The Morgan fingerprint density at radius 3 is 2.93 bits per heavy atom. The van der Waals surface area contributed by atoms with Crippen LogP contribution in [0.4, 0.5) is 10.6 Å². The van der Waals surface area contributed by atoms with E-state index in [4.69, 9.17) is 4.74 Å². The SMILES string of the molecule is CC(C)NC(=O)OC1CC[C@H](c2cc(NC(=O)Cc3ccnn3C)n[nH]2)C1. The van der Waals surface area contributed by atoms with Crippen LogP contribution in [-0.2, 0) is 23.0 Å². The second-order valence-corrected chi connectivity index (χ2v) is 7.22. The van der Waals surface area contributed by atoms with Gasteiger partial charge >= 0.3 is 6.09 Å². The normalized spacial score (nSPS) is 19.3. The number of amides is 2. The molecule has 1 unspecified atom stereocenters. The zero-order chi connectivity index (χ0) is 19.4. The van der Waals surface area contributed by atoms with E-state index in [2.05, 4.69) is 25.9 Å². The molecule has 1 aliphatic carbocycles. The molecule has 0 bridgehead atoms. The van der Waals surface area contributed by atoms with Gasteiger partial charge in [-0.3, -0.25) is 14.6 Å². The molecule has 0 aromatic carbocycles. The molecular formula is C18H26N6O3. The highest BCUT2D eigenvalue weighted by Crippen LogP contribution is 2.35. The van der Waals surface area contributed by atoms with Crippen LogP contribution >= 0.6 is 0 Å². The number of hydrogen-bond donors (Lipinski definition) is 3. The van der Waals surface area contributed by atoms with Crippen molar-refractivity contribution < 1.29 is 14.3 Å². The van der Waals surface area contributed by atoms with Gasteiger partial charge in [0.2, 0.25) is 5.91 Å². The summed E-state index contributed by atoms with van der Waals surface area (Å²) >= 11 is 0. The van der Waals surface area contributed by atoms with E-state index in [1.165, 1.54) is 0 Å². The van der Waals surface area contributed by atoms with Crippen LogP contribution in [0.15, 0.2) is 18.3 Å².